The first-order chi connectivity index (χ1) is 28.8. The molecule has 2 aliphatic heterocycles. The van der Waals surface area contributed by atoms with E-state index in [1.54, 1.807) is 60.7 Å². The van der Waals surface area contributed by atoms with Gasteiger partial charge in [-0.05, 0) is 47.9 Å². The van der Waals surface area contributed by atoms with Crippen molar-refractivity contribution in [2.75, 3.05) is 6.61 Å². The average molecular weight is 805 g/mol. The molecular formula is C47H48O12. The lowest BCUT2D eigenvalue weighted by atomic mass is 9.96. The van der Waals surface area contributed by atoms with Crippen LogP contribution in [0, 0.1) is 0 Å². The lowest BCUT2D eigenvalue weighted by molar-refractivity contribution is -0.363. The zero-order chi connectivity index (χ0) is 41.0. The minimum atomic E-state index is -1.83. The second-order valence-electron chi connectivity index (χ2n) is 14.4. The maximum Gasteiger partial charge on any atom is 0.338 e. The summed E-state index contributed by atoms with van der Waals surface area (Å²) in [4.78, 5) is 26.7. The standard InChI is InChI=1S/C47H48O12/c1-31-39(52-27-32-17-7-2-8-18-32)42(53-28-33-19-9-3-10-20-33)43(54-29-34-21-11-4-12-22-34)47(56-31)59-41-38(48)46(51)57-37(30-55-44(49)35-23-13-5-14-24-35)40(41)58-45(50)36-25-15-6-16-26-36/h2-26,31,37-43,46-48,51H,27-30H2,1H3/t31-,37+,38+,39+,40+,41+,42+,43-,46-,47-/m0/s1. The molecule has 0 aromatic heterocycles. The van der Waals surface area contributed by atoms with E-state index in [9.17, 15) is 19.8 Å². The number of carbonyl (C=O) groups excluding carboxylic acids is 2. The molecule has 2 N–H and O–H groups in total. The summed E-state index contributed by atoms with van der Waals surface area (Å²) in [7, 11) is 0. The third kappa shape index (κ3) is 11.1. The van der Waals surface area contributed by atoms with Crippen molar-refractivity contribution in [2.45, 2.75) is 88.2 Å². The highest BCUT2D eigenvalue weighted by molar-refractivity contribution is 5.90. The number of rotatable bonds is 16. The summed E-state index contributed by atoms with van der Waals surface area (Å²) in [6.45, 7) is 1.95. The molecule has 10 atom stereocenters. The zero-order valence-corrected chi connectivity index (χ0v) is 32.5. The van der Waals surface area contributed by atoms with Crippen LogP contribution in [0.3, 0.4) is 0 Å². The van der Waals surface area contributed by atoms with E-state index < -0.39 is 80.0 Å². The van der Waals surface area contributed by atoms with Crippen LogP contribution in [0.1, 0.15) is 44.3 Å². The summed E-state index contributed by atoms with van der Waals surface area (Å²) < 4.78 is 50.5. The predicted octanol–water partition coefficient (Wildman–Crippen LogP) is 6.03. The fourth-order valence-electron chi connectivity index (χ4n) is 7.05. The molecule has 0 amide bonds. The number of hydrogen-bond acceptors (Lipinski definition) is 12. The van der Waals surface area contributed by atoms with E-state index in [4.69, 9.17) is 37.9 Å². The Kier molecular flexibility index (Phi) is 14.6. The quantitative estimate of drug-likeness (QED) is 0.112. The highest BCUT2D eigenvalue weighted by Gasteiger charge is 2.54. The number of esters is 2. The molecule has 0 saturated carbocycles. The van der Waals surface area contributed by atoms with Gasteiger partial charge in [-0.3, -0.25) is 0 Å². The monoisotopic (exact) mass is 804 g/mol. The van der Waals surface area contributed by atoms with Crippen molar-refractivity contribution in [2.24, 2.45) is 0 Å². The third-order valence-corrected chi connectivity index (χ3v) is 10.1. The van der Waals surface area contributed by atoms with Crippen molar-refractivity contribution in [1.82, 2.24) is 0 Å². The van der Waals surface area contributed by atoms with Crippen LogP contribution in [0.4, 0.5) is 0 Å². The Morgan fingerprint density at radius 2 is 0.966 bits per heavy atom. The van der Waals surface area contributed by atoms with Gasteiger partial charge < -0.3 is 48.1 Å². The van der Waals surface area contributed by atoms with Gasteiger partial charge >= 0.3 is 11.9 Å². The average Bonchev–Trinajstić information content (AvgIpc) is 3.28. The Labute approximate surface area is 343 Å². The van der Waals surface area contributed by atoms with Crippen LogP contribution in [-0.4, -0.2) is 90.2 Å². The third-order valence-electron chi connectivity index (χ3n) is 10.1. The molecular weight excluding hydrogens is 757 g/mol. The molecule has 59 heavy (non-hydrogen) atoms. The first-order valence-corrected chi connectivity index (χ1v) is 19.6. The molecule has 0 radical (unpaired) electrons. The fraction of sp³-hybridized carbons (Fsp3) is 0.319. The molecule has 0 bridgehead atoms. The van der Waals surface area contributed by atoms with Crippen LogP contribution in [0.2, 0.25) is 0 Å². The molecule has 0 unspecified atom stereocenters. The summed E-state index contributed by atoms with van der Waals surface area (Å²) in [5.41, 5.74) is 3.22. The van der Waals surface area contributed by atoms with Gasteiger partial charge in [-0.15, -0.1) is 0 Å². The second kappa shape index (κ2) is 20.6. The van der Waals surface area contributed by atoms with E-state index in [1.807, 2.05) is 97.9 Å². The molecule has 2 fully saturated rings. The summed E-state index contributed by atoms with van der Waals surface area (Å²) in [6, 6.07) is 45.5. The van der Waals surface area contributed by atoms with E-state index >= 15 is 0 Å². The van der Waals surface area contributed by atoms with Crippen LogP contribution in [0.15, 0.2) is 152 Å². The van der Waals surface area contributed by atoms with Gasteiger partial charge in [0.05, 0.1) is 37.1 Å². The minimum Gasteiger partial charge on any atom is -0.459 e. The van der Waals surface area contributed by atoms with Gasteiger partial charge in [0, 0.05) is 0 Å². The molecule has 0 aliphatic carbocycles. The highest BCUT2D eigenvalue weighted by atomic mass is 16.7. The lowest BCUT2D eigenvalue weighted by Crippen LogP contribution is -2.65. The van der Waals surface area contributed by atoms with Crippen LogP contribution in [-0.2, 0) is 57.7 Å². The van der Waals surface area contributed by atoms with Gasteiger partial charge in [0.1, 0.15) is 43.2 Å². The van der Waals surface area contributed by atoms with E-state index in [2.05, 4.69) is 0 Å². The largest absolute Gasteiger partial charge is 0.459 e. The number of aliphatic hydroxyl groups is 2. The number of carbonyl (C=O) groups is 2. The van der Waals surface area contributed by atoms with Crippen molar-refractivity contribution in [3.63, 3.8) is 0 Å². The Morgan fingerprint density at radius 1 is 0.525 bits per heavy atom. The molecule has 2 aliphatic rings. The molecule has 7 rings (SSSR count). The van der Waals surface area contributed by atoms with E-state index in [1.165, 1.54) is 0 Å². The molecule has 308 valence electrons. The summed E-state index contributed by atoms with van der Waals surface area (Å²) in [5, 5.41) is 22.7. The summed E-state index contributed by atoms with van der Waals surface area (Å²) >= 11 is 0. The first kappa shape index (κ1) is 41.9. The maximum atomic E-state index is 13.6. The number of hydrogen-bond donors (Lipinski definition) is 2. The molecule has 2 saturated heterocycles. The van der Waals surface area contributed by atoms with Crippen molar-refractivity contribution >= 4 is 11.9 Å². The predicted molar refractivity (Wildman–Crippen MR) is 214 cm³/mol. The highest BCUT2D eigenvalue weighted by Crippen LogP contribution is 2.35. The van der Waals surface area contributed by atoms with Crippen molar-refractivity contribution in [3.8, 4) is 0 Å². The summed E-state index contributed by atoms with van der Waals surface area (Å²) in [6.07, 6.45) is -12.2. The molecule has 2 heterocycles. The van der Waals surface area contributed by atoms with Gasteiger partial charge in [0.15, 0.2) is 18.7 Å². The van der Waals surface area contributed by atoms with E-state index in [-0.39, 0.29) is 30.9 Å². The Balaban J connectivity index is 1.21. The molecule has 12 nitrogen and oxygen atoms in total. The van der Waals surface area contributed by atoms with Crippen LogP contribution in [0.25, 0.3) is 0 Å². The molecule has 0 spiro atoms. The Morgan fingerprint density at radius 3 is 1.47 bits per heavy atom. The van der Waals surface area contributed by atoms with Crippen molar-refractivity contribution < 1.29 is 57.7 Å². The maximum absolute atomic E-state index is 13.6. The summed E-state index contributed by atoms with van der Waals surface area (Å²) in [5.74, 6) is -1.43. The SMILES string of the molecule is C[C@@H]1O[C@@H](O[C@@H]2[C@@H](O)[C@@H](O)O[C@H](COC(=O)c3ccccc3)[C@H]2OC(=O)c2ccccc2)[C@@H](OCc2ccccc2)[C@H](OCc2ccccc2)[C@@H]1OCc1ccccc1. The lowest BCUT2D eigenvalue weighted by Gasteiger charge is -2.48. The molecule has 12 heteroatoms. The van der Waals surface area contributed by atoms with E-state index in [0.717, 1.165) is 16.7 Å². The van der Waals surface area contributed by atoms with Crippen LogP contribution in [0.5, 0.6) is 0 Å². The molecule has 5 aromatic rings. The number of benzene rings is 5. The fourth-order valence-corrected chi connectivity index (χ4v) is 7.05. The number of aliphatic hydroxyl groups excluding tert-OH is 2. The van der Waals surface area contributed by atoms with Gasteiger partial charge in [-0.1, -0.05) is 127 Å². The molecule has 5 aromatic carbocycles. The Bertz CT molecular complexity index is 2020. The van der Waals surface area contributed by atoms with Crippen molar-refractivity contribution in [1.29, 1.82) is 0 Å². The van der Waals surface area contributed by atoms with Gasteiger partial charge in [-0.25, -0.2) is 9.59 Å². The topological polar surface area (TPSA) is 148 Å². The second-order valence-corrected chi connectivity index (χ2v) is 14.4. The van der Waals surface area contributed by atoms with Gasteiger partial charge in [0.2, 0.25) is 0 Å². The van der Waals surface area contributed by atoms with E-state index in [0.29, 0.717) is 0 Å². The van der Waals surface area contributed by atoms with Gasteiger partial charge in [0.25, 0.3) is 0 Å². The number of ether oxygens (including phenoxy) is 8. The van der Waals surface area contributed by atoms with Crippen LogP contribution < -0.4 is 0 Å². The van der Waals surface area contributed by atoms with Crippen LogP contribution >= 0.6 is 0 Å². The Hall–Kier alpha value is -5.28. The van der Waals surface area contributed by atoms with Crippen molar-refractivity contribution in [3.05, 3.63) is 179 Å². The first-order valence-electron chi connectivity index (χ1n) is 19.6. The minimum absolute atomic E-state index is 0.128. The smallest absolute Gasteiger partial charge is 0.338 e. The zero-order valence-electron chi connectivity index (χ0n) is 32.5. The van der Waals surface area contributed by atoms with Gasteiger partial charge in [-0.2, -0.15) is 0 Å². The normalized spacial score (nSPS) is 26.8.